The highest BCUT2D eigenvalue weighted by Crippen LogP contribution is 2.29. The Morgan fingerprint density at radius 3 is 3.00 bits per heavy atom. The van der Waals surface area contributed by atoms with Gasteiger partial charge in [0.15, 0.2) is 0 Å². The first-order valence-corrected chi connectivity index (χ1v) is 5.40. The fraction of sp³-hybridized carbons (Fsp3) is 0.273. The maximum atomic E-state index is 11.4. The number of hydrogen-bond acceptors (Lipinski definition) is 2. The van der Waals surface area contributed by atoms with Crippen molar-refractivity contribution >= 4 is 34.8 Å². The second-order valence-corrected chi connectivity index (χ2v) is 3.92. The minimum absolute atomic E-state index is 0.0656. The lowest BCUT2D eigenvalue weighted by molar-refractivity contribution is -0.117. The number of hydrogen-bond donors (Lipinski definition) is 1. The van der Waals surface area contributed by atoms with Crippen LogP contribution in [-0.2, 0) is 16.0 Å². The Hall–Kier alpha value is -1.55. The van der Waals surface area contributed by atoms with Crippen molar-refractivity contribution in [1.29, 1.82) is 0 Å². The lowest BCUT2D eigenvalue weighted by Gasteiger charge is -2.10. The van der Waals surface area contributed by atoms with Crippen molar-refractivity contribution in [2.75, 3.05) is 23.1 Å². The summed E-state index contributed by atoms with van der Waals surface area (Å²) in [5, 5.41) is 2.65. The molecule has 1 aromatic rings. The summed E-state index contributed by atoms with van der Waals surface area (Å²) in [6.45, 7) is 0. The standard InChI is InChI=1S/C11H11ClN2O2/c1-14-9-3-2-8(13-10(15)6-12)4-7(9)5-11(14)16/h2-4H,5-6H2,1H3,(H,13,15). The fourth-order valence-corrected chi connectivity index (χ4v) is 1.81. The normalized spacial score (nSPS) is 13.9. The van der Waals surface area contributed by atoms with Gasteiger partial charge in [0.05, 0.1) is 6.42 Å². The number of halogens is 1. The van der Waals surface area contributed by atoms with Crippen molar-refractivity contribution in [3.8, 4) is 0 Å². The molecule has 0 radical (unpaired) electrons. The zero-order valence-electron chi connectivity index (χ0n) is 8.79. The van der Waals surface area contributed by atoms with Crippen LogP contribution in [0.15, 0.2) is 18.2 Å². The molecule has 1 aliphatic rings. The molecule has 0 saturated carbocycles. The second-order valence-electron chi connectivity index (χ2n) is 3.65. The topological polar surface area (TPSA) is 49.4 Å². The van der Waals surface area contributed by atoms with Crippen molar-refractivity contribution in [3.63, 3.8) is 0 Å². The number of alkyl halides is 1. The third-order valence-electron chi connectivity index (χ3n) is 2.56. The fourth-order valence-electron chi connectivity index (χ4n) is 1.74. The predicted octanol–water partition coefficient (Wildman–Crippen LogP) is 1.38. The van der Waals surface area contributed by atoms with Crippen LogP contribution < -0.4 is 10.2 Å². The van der Waals surface area contributed by atoms with Crippen molar-refractivity contribution < 1.29 is 9.59 Å². The van der Waals surface area contributed by atoms with E-state index >= 15 is 0 Å². The number of anilines is 2. The predicted molar refractivity (Wildman–Crippen MR) is 62.9 cm³/mol. The van der Waals surface area contributed by atoms with Gasteiger partial charge in [-0.25, -0.2) is 0 Å². The first-order valence-electron chi connectivity index (χ1n) is 4.87. The molecule has 0 unspecified atom stereocenters. The Kier molecular flexibility index (Phi) is 2.83. The average Bonchev–Trinajstić information content (AvgIpc) is 2.54. The summed E-state index contributed by atoms with van der Waals surface area (Å²) < 4.78 is 0. The molecule has 1 heterocycles. The van der Waals surface area contributed by atoms with Crippen LogP contribution in [0.5, 0.6) is 0 Å². The number of nitrogens with zero attached hydrogens (tertiary/aromatic N) is 1. The summed E-state index contributed by atoms with van der Waals surface area (Å²) in [7, 11) is 1.74. The summed E-state index contributed by atoms with van der Waals surface area (Å²) in [6.07, 6.45) is 0.385. The average molecular weight is 239 g/mol. The Morgan fingerprint density at radius 2 is 2.31 bits per heavy atom. The quantitative estimate of drug-likeness (QED) is 0.792. The van der Waals surface area contributed by atoms with Gasteiger partial charge in [-0.1, -0.05) is 0 Å². The third kappa shape index (κ3) is 1.88. The van der Waals surface area contributed by atoms with E-state index < -0.39 is 0 Å². The first kappa shape index (κ1) is 11.0. The summed E-state index contributed by atoms with van der Waals surface area (Å²) in [5.41, 5.74) is 2.50. The largest absolute Gasteiger partial charge is 0.325 e. The Morgan fingerprint density at radius 1 is 1.56 bits per heavy atom. The van der Waals surface area contributed by atoms with Crippen LogP contribution >= 0.6 is 11.6 Å². The molecule has 0 saturated heterocycles. The van der Waals surface area contributed by atoms with Gasteiger partial charge in [0.25, 0.3) is 0 Å². The number of carbonyl (C=O) groups is 2. The van der Waals surface area contributed by atoms with E-state index in [1.165, 1.54) is 0 Å². The van der Waals surface area contributed by atoms with Crippen molar-refractivity contribution in [3.05, 3.63) is 23.8 Å². The number of likely N-dealkylation sites (N-methyl/N-ethyl adjacent to an activating group) is 1. The number of amides is 2. The molecule has 0 fully saturated rings. The zero-order valence-corrected chi connectivity index (χ0v) is 9.54. The van der Waals surface area contributed by atoms with Crippen LogP contribution in [0.1, 0.15) is 5.56 Å². The lowest BCUT2D eigenvalue weighted by Crippen LogP contribution is -2.20. The summed E-state index contributed by atoms with van der Waals surface area (Å²) in [6, 6.07) is 5.39. The Labute approximate surface area is 98.2 Å². The lowest BCUT2D eigenvalue weighted by atomic mass is 10.1. The molecular formula is C11H11ClN2O2. The van der Waals surface area contributed by atoms with Gasteiger partial charge in [-0.05, 0) is 23.8 Å². The van der Waals surface area contributed by atoms with Gasteiger partial charge in [0.1, 0.15) is 5.88 Å². The molecule has 1 aromatic carbocycles. The number of fused-ring (bicyclic) bond motifs is 1. The summed E-state index contributed by atoms with van der Waals surface area (Å²) in [4.78, 5) is 24.1. The number of benzene rings is 1. The molecule has 2 rings (SSSR count). The van der Waals surface area contributed by atoms with Gasteiger partial charge in [-0.15, -0.1) is 11.6 Å². The summed E-state index contributed by atoms with van der Waals surface area (Å²) >= 11 is 5.39. The SMILES string of the molecule is CN1C(=O)Cc2cc(NC(=O)CCl)ccc21. The van der Waals surface area contributed by atoms with Crippen LogP contribution in [-0.4, -0.2) is 24.7 Å². The van der Waals surface area contributed by atoms with E-state index in [4.69, 9.17) is 11.6 Å². The van der Waals surface area contributed by atoms with E-state index in [2.05, 4.69) is 5.32 Å². The van der Waals surface area contributed by atoms with Crippen LogP contribution in [0.25, 0.3) is 0 Å². The second kappa shape index (κ2) is 4.14. The molecule has 0 aliphatic carbocycles. The van der Waals surface area contributed by atoms with Gasteiger partial charge in [-0.2, -0.15) is 0 Å². The van der Waals surface area contributed by atoms with E-state index in [1.54, 1.807) is 24.1 Å². The highest BCUT2D eigenvalue weighted by Gasteiger charge is 2.23. The molecular weight excluding hydrogens is 228 g/mol. The van der Waals surface area contributed by atoms with E-state index in [-0.39, 0.29) is 17.7 Å². The van der Waals surface area contributed by atoms with Crippen LogP contribution in [0, 0.1) is 0 Å². The zero-order chi connectivity index (χ0) is 11.7. The number of nitrogens with one attached hydrogen (secondary N) is 1. The molecule has 0 spiro atoms. The highest BCUT2D eigenvalue weighted by molar-refractivity contribution is 6.29. The van der Waals surface area contributed by atoms with Gasteiger partial charge >= 0.3 is 0 Å². The molecule has 0 aromatic heterocycles. The number of carbonyl (C=O) groups excluding carboxylic acids is 2. The molecule has 0 bridgehead atoms. The molecule has 4 nitrogen and oxygen atoms in total. The van der Waals surface area contributed by atoms with E-state index in [0.29, 0.717) is 12.1 Å². The van der Waals surface area contributed by atoms with Gasteiger partial charge in [0, 0.05) is 18.4 Å². The molecule has 0 atom stereocenters. The van der Waals surface area contributed by atoms with Gasteiger partial charge < -0.3 is 10.2 Å². The van der Waals surface area contributed by atoms with Gasteiger partial charge in [0.2, 0.25) is 11.8 Å². The van der Waals surface area contributed by atoms with Crippen LogP contribution in [0.2, 0.25) is 0 Å². The van der Waals surface area contributed by atoms with Crippen LogP contribution in [0.4, 0.5) is 11.4 Å². The summed E-state index contributed by atoms with van der Waals surface area (Å²) in [5.74, 6) is -0.259. The number of rotatable bonds is 2. The van der Waals surface area contributed by atoms with Gasteiger partial charge in [-0.3, -0.25) is 9.59 Å². The Bertz CT molecular complexity index is 459. The molecule has 2 amide bonds. The monoisotopic (exact) mass is 238 g/mol. The smallest absolute Gasteiger partial charge is 0.239 e. The highest BCUT2D eigenvalue weighted by atomic mass is 35.5. The third-order valence-corrected chi connectivity index (χ3v) is 2.80. The maximum absolute atomic E-state index is 11.4. The van der Waals surface area contributed by atoms with E-state index in [1.807, 2.05) is 6.07 Å². The minimum atomic E-state index is -0.251. The first-order chi connectivity index (χ1) is 7.61. The molecule has 16 heavy (non-hydrogen) atoms. The molecule has 84 valence electrons. The molecule has 5 heteroatoms. The molecule has 1 N–H and O–H groups in total. The van der Waals surface area contributed by atoms with Crippen molar-refractivity contribution in [2.45, 2.75) is 6.42 Å². The minimum Gasteiger partial charge on any atom is -0.325 e. The maximum Gasteiger partial charge on any atom is 0.239 e. The van der Waals surface area contributed by atoms with Crippen molar-refractivity contribution in [1.82, 2.24) is 0 Å². The molecule has 1 aliphatic heterocycles. The van der Waals surface area contributed by atoms with E-state index in [0.717, 1.165) is 11.3 Å². The van der Waals surface area contributed by atoms with Crippen LogP contribution in [0.3, 0.4) is 0 Å². The van der Waals surface area contributed by atoms with Crippen molar-refractivity contribution in [2.24, 2.45) is 0 Å². The Balaban J connectivity index is 2.25. The van der Waals surface area contributed by atoms with E-state index in [9.17, 15) is 9.59 Å².